The number of sulfonamides is 1. The number of carbonyl (C=O) groups is 2. The topological polar surface area (TPSA) is 102 Å². The second kappa shape index (κ2) is 10.0. The standard InChI is InChI=1S/C22H26N2O6S/c1-3-17-5-8-19(9-6-17)23-21(25)15-30-22(26)18-7-4-16(2)20(14-18)31(27,28)24-10-12-29-13-11-24/h4-9,14H,3,10-13,15H2,1-2H3,(H,23,25). The molecule has 1 aliphatic rings. The Morgan fingerprint density at radius 2 is 1.77 bits per heavy atom. The minimum atomic E-state index is -3.76. The van der Waals surface area contributed by atoms with Gasteiger partial charge in [-0.1, -0.05) is 25.1 Å². The first-order chi connectivity index (χ1) is 14.8. The summed E-state index contributed by atoms with van der Waals surface area (Å²) in [5, 5.41) is 2.66. The van der Waals surface area contributed by atoms with Crippen molar-refractivity contribution in [3.8, 4) is 0 Å². The number of hydrogen-bond donors (Lipinski definition) is 1. The first-order valence-electron chi connectivity index (χ1n) is 10.1. The first-order valence-corrected chi connectivity index (χ1v) is 11.5. The summed E-state index contributed by atoms with van der Waals surface area (Å²) in [6.07, 6.45) is 0.894. The molecule has 2 aromatic rings. The number of amides is 1. The maximum Gasteiger partial charge on any atom is 0.338 e. The van der Waals surface area contributed by atoms with Crippen molar-refractivity contribution in [1.29, 1.82) is 0 Å². The molecule has 1 saturated heterocycles. The van der Waals surface area contributed by atoms with Crippen LogP contribution in [-0.2, 0) is 30.7 Å². The van der Waals surface area contributed by atoms with Crippen LogP contribution in [0.5, 0.6) is 0 Å². The van der Waals surface area contributed by atoms with E-state index in [1.165, 1.54) is 16.4 Å². The summed E-state index contributed by atoms with van der Waals surface area (Å²) in [6, 6.07) is 11.7. The maximum atomic E-state index is 13.0. The van der Waals surface area contributed by atoms with Gasteiger partial charge in [0.15, 0.2) is 6.61 Å². The predicted octanol–water partition coefficient (Wildman–Crippen LogP) is 2.37. The van der Waals surface area contributed by atoms with E-state index in [1.54, 1.807) is 25.1 Å². The third-order valence-electron chi connectivity index (χ3n) is 4.99. The molecule has 0 aromatic heterocycles. The van der Waals surface area contributed by atoms with Crippen LogP contribution >= 0.6 is 0 Å². The van der Waals surface area contributed by atoms with Gasteiger partial charge < -0.3 is 14.8 Å². The largest absolute Gasteiger partial charge is 0.452 e. The Morgan fingerprint density at radius 1 is 1.10 bits per heavy atom. The molecule has 31 heavy (non-hydrogen) atoms. The number of aryl methyl sites for hydroxylation is 2. The fraction of sp³-hybridized carbons (Fsp3) is 0.364. The van der Waals surface area contributed by atoms with Gasteiger partial charge in [0.25, 0.3) is 5.91 Å². The Kier molecular flexibility index (Phi) is 7.42. The van der Waals surface area contributed by atoms with Gasteiger partial charge in [-0.15, -0.1) is 0 Å². The summed E-state index contributed by atoms with van der Waals surface area (Å²) >= 11 is 0. The highest BCUT2D eigenvalue weighted by Crippen LogP contribution is 2.22. The van der Waals surface area contributed by atoms with Crippen LogP contribution < -0.4 is 5.32 Å². The molecule has 3 rings (SSSR count). The number of benzene rings is 2. The van der Waals surface area contributed by atoms with Gasteiger partial charge in [0, 0.05) is 18.8 Å². The molecule has 0 saturated carbocycles. The number of ether oxygens (including phenoxy) is 2. The van der Waals surface area contributed by atoms with E-state index in [9.17, 15) is 18.0 Å². The number of hydrogen-bond acceptors (Lipinski definition) is 6. The van der Waals surface area contributed by atoms with Gasteiger partial charge in [-0.25, -0.2) is 13.2 Å². The molecule has 0 atom stereocenters. The zero-order valence-corrected chi connectivity index (χ0v) is 18.4. The van der Waals surface area contributed by atoms with Crippen molar-refractivity contribution >= 4 is 27.6 Å². The van der Waals surface area contributed by atoms with Crippen molar-refractivity contribution < 1.29 is 27.5 Å². The van der Waals surface area contributed by atoms with E-state index in [4.69, 9.17) is 9.47 Å². The monoisotopic (exact) mass is 446 g/mol. The molecule has 166 valence electrons. The molecule has 0 spiro atoms. The zero-order chi connectivity index (χ0) is 22.4. The van der Waals surface area contributed by atoms with Crippen LogP contribution in [0, 0.1) is 6.92 Å². The third-order valence-corrected chi connectivity index (χ3v) is 7.03. The lowest BCUT2D eigenvalue weighted by molar-refractivity contribution is -0.119. The lowest BCUT2D eigenvalue weighted by Gasteiger charge is -2.26. The minimum absolute atomic E-state index is 0.0457. The van der Waals surface area contributed by atoms with Gasteiger partial charge in [-0.2, -0.15) is 4.31 Å². The average molecular weight is 447 g/mol. The van der Waals surface area contributed by atoms with Gasteiger partial charge in [-0.3, -0.25) is 4.79 Å². The van der Waals surface area contributed by atoms with Crippen LogP contribution in [0.2, 0.25) is 0 Å². The highest BCUT2D eigenvalue weighted by Gasteiger charge is 2.28. The van der Waals surface area contributed by atoms with Crippen LogP contribution in [0.3, 0.4) is 0 Å². The molecule has 1 amide bonds. The Balaban J connectivity index is 1.65. The van der Waals surface area contributed by atoms with E-state index in [0.29, 0.717) is 24.5 Å². The molecule has 0 aliphatic carbocycles. The van der Waals surface area contributed by atoms with Crippen molar-refractivity contribution in [2.45, 2.75) is 25.2 Å². The second-order valence-electron chi connectivity index (χ2n) is 7.17. The van der Waals surface area contributed by atoms with E-state index in [0.717, 1.165) is 12.0 Å². The van der Waals surface area contributed by atoms with Crippen LogP contribution in [0.4, 0.5) is 5.69 Å². The lowest BCUT2D eigenvalue weighted by atomic mass is 10.1. The van der Waals surface area contributed by atoms with Crippen molar-refractivity contribution in [2.75, 3.05) is 38.2 Å². The van der Waals surface area contributed by atoms with Crippen molar-refractivity contribution in [2.24, 2.45) is 0 Å². The van der Waals surface area contributed by atoms with E-state index < -0.39 is 28.5 Å². The molecule has 8 nitrogen and oxygen atoms in total. The van der Waals surface area contributed by atoms with E-state index in [1.807, 2.05) is 19.1 Å². The number of carbonyl (C=O) groups excluding carboxylic acids is 2. The third kappa shape index (κ3) is 5.69. The van der Waals surface area contributed by atoms with E-state index >= 15 is 0 Å². The summed E-state index contributed by atoms with van der Waals surface area (Å²) in [5.41, 5.74) is 2.34. The van der Waals surface area contributed by atoms with E-state index in [-0.39, 0.29) is 23.5 Å². The molecule has 0 radical (unpaired) electrons. The predicted molar refractivity (Wildman–Crippen MR) is 115 cm³/mol. The summed E-state index contributed by atoms with van der Waals surface area (Å²) in [7, 11) is -3.76. The number of esters is 1. The molecule has 1 N–H and O–H groups in total. The van der Waals surface area contributed by atoms with Gasteiger partial charge in [0.2, 0.25) is 10.0 Å². The quantitative estimate of drug-likeness (QED) is 0.655. The Bertz CT molecular complexity index is 1040. The maximum absolute atomic E-state index is 13.0. The smallest absolute Gasteiger partial charge is 0.338 e. The van der Waals surface area contributed by atoms with Crippen LogP contribution in [-0.4, -0.2) is 57.5 Å². The average Bonchev–Trinajstić information content (AvgIpc) is 2.78. The molecule has 0 unspecified atom stereocenters. The summed E-state index contributed by atoms with van der Waals surface area (Å²) < 4.78 is 37.5. The van der Waals surface area contributed by atoms with Gasteiger partial charge in [-0.05, 0) is 48.7 Å². The van der Waals surface area contributed by atoms with Gasteiger partial charge in [0.05, 0.1) is 23.7 Å². The van der Waals surface area contributed by atoms with Gasteiger partial charge >= 0.3 is 5.97 Å². The molecule has 0 bridgehead atoms. The Hall–Kier alpha value is -2.75. The van der Waals surface area contributed by atoms with Crippen LogP contribution in [0.15, 0.2) is 47.4 Å². The molecule has 1 heterocycles. The fourth-order valence-corrected chi connectivity index (χ4v) is 4.83. The van der Waals surface area contributed by atoms with Crippen LogP contribution in [0.25, 0.3) is 0 Å². The number of anilines is 1. The number of nitrogens with one attached hydrogen (secondary N) is 1. The van der Waals surface area contributed by atoms with Crippen molar-refractivity contribution in [1.82, 2.24) is 4.31 Å². The minimum Gasteiger partial charge on any atom is -0.452 e. The normalized spacial score (nSPS) is 14.8. The van der Waals surface area contributed by atoms with Crippen molar-refractivity contribution in [3.63, 3.8) is 0 Å². The van der Waals surface area contributed by atoms with Gasteiger partial charge in [0.1, 0.15) is 0 Å². The first kappa shape index (κ1) is 22.9. The molecular formula is C22H26N2O6S. The fourth-order valence-electron chi connectivity index (χ4n) is 3.17. The van der Waals surface area contributed by atoms with Crippen LogP contribution in [0.1, 0.15) is 28.4 Å². The zero-order valence-electron chi connectivity index (χ0n) is 17.6. The highest BCUT2D eigenvalue weighted by molar-refractivity contribution is 7.89. The number of nitrogens with zero attached hydrogens (tertiary/aromatic N) is 1. The molecular weight excluding hydrogens is 420 g/mol. The lowest BCUT2D eigenvalue weighted by Crippen LogP contribution is -2.40. The summed E-state index contributed by atoms with van der Waals surface area (Å²) in [5.74, 6) is -1.25. The molecule has 1 fully saturated rings. The summed E-state index contributed by atoms with van der Waals surface area (Å²) in [6.45, 7) is 4.40. The Morgan fingerprint density at radius 3 is 2.42 bits per heavy atom. The SMILES string of the molecule is CCc1ccc(NC(=O)COC(=O)c2ccc(C)c(S(=O)(=O)N3CCOCC3)c2)cc1. The second-order valence-corrected chi connectivity index (χ2v) is 9.08. The number of rotatable bonds is 7. The summed E-state index contributed by atoms with van der Waals surface area (Å²) in [4.78, 5) is 24.6. The number of morpholine rings is 1. The van der Waals surface area contributed by atoms with Crippen molar-refractivity contribution in [3.05, 3.63) is 59.2 Å². The molecule has 1 aliphatic heterocycles. The molecule has 2 aromatic carbocycles. The Labute approximate surface area is 182 Å². The highest BCUT2D eigenvalue weighted by atomic mass is 32.2. The molecule has 9 heteroatoms. The van der Waals surface area contributed by atoms with E-state index in [2.05, 4.69) is 5.32 Å².